The van der Waals surface area contributed by atoms with Crippen LogP contribution in [0.3, 0.4) is 0 Å². The average molecular weight is 468 g/mol. The summed E-state index contributed by atoms with van der Waals surface area (Å²) in [5.41, 5.74) is 8.31. The van der Waals surface area contributed by atoms with E-state index < -0.39 is 0 Å². The summed E-state index contributed by atoms with van der Waals surface area (Å²) in [7, 11) is 0. The summed E-state index contributed by atoms with van der Waals surface area (Å²) in [6.45, 7) is 4.79. The van der Waals surface area contributed by atoms with Crippen LogP contribution in [0.2, 0.25) is 0 Å². The summed E-state index contributed by atoms with van der Waals surface area (Å²) in [5, 5.41) is 4.50. The van der Waals surface area contributed by atoms with Crippen LogP contribution in [0.15, 0.2) is 66.9 Å². The number of hydrogen-bond donors (Lipinski definition) is 1. The van der Waals surface area contributed by atoms with Crippen LogP contribution in [0.25, 0.3) is 5.00 Å². The van der Waals surface area contributed by atoms with Crippen LogP contribution in [-0.2, 0) is 19.4 Å². The molecule has 5 heteroatoms. The van der Waals surface area contributed by atoms with Crippen molar-refractivity contribution in [3.05, 3.63) is 105 Å². The Balaban J connectivity index is 1.48. The molecule has 0 spiro atoms. The van der Waals surface area contributed by atoms with Gasteiger partial charge in [0, 0.05) is 22.3 Å². The van der Waals surface area contributed by atoms with E-state index in [1.54, 1.807) is 0 Å². The number of amides is 2. The van der Waals surface area contributed by atoms with Gasteiger partial charge in [0.05, 0.1) is 18.3 Å². The Labute approximate surface area is 204 Å². The summed E-state index contributed by atoms with van der Waals surface area (Å²) in [4.78, 5) is 17.5. The van der Waals surface area contributed by atoms with E-state index in [9.17, 15) is 4.79 Å². The Morgan fingerprint density at radius 1 is 0.941 bits per heavy atom. The number of aryl methyl sites for hydroxylation is 3. The quantitative estimate of drug-likeness (QED) is 0.333. The summed E-state index contributed by atoms with van der Waals surface area (Å²) in [6.07, 6.45) is 6.91. The van der Waals surface area contributed by atoms with Gasteiger partial charge in [-0.3, -0.25) is 0 Å². The number of anilines is 1. The molecule has 2 aliphatic rings. The molecule has 0 saturated carbocycles. The highest BCUT2D eigenvalue weighted by atomic mass is 32.1. The van der Waals surface area contributed by atoms with Crippen molar-refractivity contribution < 1.29 is 4.79 Å². The van der Waals surface area contributed by atoms with Crippen LogP contribution in [0, 0.1) is 13.8 Å². The number of thiophene rings is 1. The lowest BCUT2D eigenvalue weighted by molar-refractivity contribution is 0.194. The van der Waals surface area contributed by atoms with Crippen molar-refractivity contribution in [1.82, 2.24) is 9.47 Å². The topological polar surface area (TPSA) is 37.3 Å². The second-order valence-corrected chi connectivity index (χ2v) is 10.6. The molecule has 0 saturated heterocycles. The average Bonchev–Trinajstić information content (AvgIpc) is 3.44. The molecule has 3 heterocycles. The molecule has 34 heavy (non-hydrogen) atoms. The number of aromatic nitrogens is 1. The number of carbonyl (C=O) groups excluding carboxylic acids is 1. The fourth-order valence-electron chi connectivity index (χ4n) is 5.39. The van der Waals surface area contributed by atoms with Gasteiger partial charge in [-0.2, -0.15) is 0 Å². The lowest BCUT2D eigenvalue weighted by atomic mass is 9.95. The molecule has 1 aliphatic carbocycles. The molecule has 1 aliphatic heterocycles. The Bertz CT molecular complexity index is 1370. The molecule has 2 amide bonds. The minimum Gasteiger partial charge on any atom is -0.310 e. The molecular weight excluding hydrogens is 438 g/mol. The van der Waals surface area contributed by atoms with E-state index in [0.717, 1.165) is 29.8 Å². The number of rotatable bonds is 2. The number of carbonyl (C=O) groups is 1. The number of fused-ring (bicyclic) bond motifs is 5. The van der Waals surface area contributed by atoms with E-state index in [0.29, 0.717) is 6.54 Å². The third-order valence-corrected chi connectivity index (χ3v) is 8.65. The second-order valence-electron chi connectivity index (χ2n) is 9.47. The molecular formula is C29H29N3OS. The van der Waals surface area contributed by atoms with E-state index >= 15 is 0 Å². The molecule has 2 aromatic carbocycles. The van der Waals surface area contributed by atoms with Gasteiger partial charge in [0.15, 0.2) is 0 Å². The Morgan fingerprint density at radius 2 is 1.76 bits per heavy atom. The van der Waals surface area contributed by atoms with E-state index in [1.165, 1.54) is 45.0 Å². The molecule has 2 aromatic heterocycles. The summed E-state index contributed by atoms with van der Waals surface area (Å²) in [5.74, 6) is 0. The minimum atomic E-state index is -0.165. The molecule has 4 aromatic rings. The number of nitrogens with zero attached hydrogens (tertiary/aromatic N) is 2. The Kier molecular flexibility index (Phi) is 5.30. The van der Waals surface area contributed by atoms with Crippen molar-refractivity contribution in [2.24, 2.45) is 0 Å². The van der Waals surface area contributed by atoms with Gasteiger partial charge in [-0.1, -0.05) is 36.4 Å². The van der Waals surface area contributed by atoms with Gasteiger partial charge in [-0.05, 0) is 86.1 Å². The fraction of sp³-hybridized carbons (Fsp3) is 0.276. The van der Waals surface area contributed by atoms with Crippen molar-refractivity contribution in [1.29, 1.82) is 0 Å². The fourth-order valence-corrected chi connectivity index (χ4v) is 6.79. The van der Waals surface area contributed by atoms with Gasteiger partial charge in [-0.15, -0.1) is 11.3 Å². The summed E-state index contributed by atoms with van der Waals surface area (Å²) < 4.78 is 2.33. The highest BCUT2D eigenvalue weighted by Gasteiger charge is 2.36. The maximum atomic E-state index is 13.9. The summed E-state index contributed by atoms with van der Waals surface area (Å²) >= 11 is 1.92. The number of benzene rings is 2. The second kappa shape index (κ2) is 8.48. The van der Waals surface area contributed by atoms with Gasteiger partial charge in [0.1, 0.15) is 5.00 Å². The highest BCUT2D eigenvalue weighted by molar-refractivity contribution is 7.15. The monoisotopic (exact) mass is 467 g/mol. The maximum Gasteiger partial charge on any atom is 0.322 e. The van der Waals surface area contributed by atoms with Crippen LogP contribution in [0.5, 0.6) is 0 Å². The molecule has 0 fully saturated rings. The number of nitrogens with one attached hydrogen (secondary N) is 1. The minimum absolute atomic E-state index is 0.0616. The third-order valence-electron chi connectivity index (χ3n) is 7.31. The zero-order valence-electron chi connectivity index (χ0n) is 19.7. The van der Waals surface area contributed by atoms with Crippen LogP contribution >= 0.6 is 11.3 Å². The van der Waals surface area contributed by atoms with Crippen molar-refractivity contribution >= 4 is 23.1 Å². The normalized spacial score (nSPS) is 16.9. The van der Waals surface area contributed by atoms with Crippen molar-refractivity contribution in [2.45, 2.75) is 52.1 Å². The van der Waals surface area contributed by atoms with Crippen LogP contribution in [0.4, 0.5) is 10.5 Å². The van der Waals surface area contributed by atoms with Gasteiger partial charge >= 0.3 is 6.03 Å². The molecule has 172 valence electrons. The standard InChI is InChI=1S/C29H29N3OS/c1-19-14-15-22(17-20(19)2)30-29(33)32-18-24-23-11-6-7-13-26(23)34-28(24)31-16-8-12-25(31)27(32)21-9-4-3-5-10-21/h3-5,8-10,12,14-17,27H,6-7,11,13,18H2,1-2H3,(H,30,33). The van der Waals surface area contributed by atoms with Gasteiger partial charge in [-0.25, -0.2) is 4.79 Å². The predicted molar refractivity (Wildman–Crippen MR) is 139 cm³/mol. The molecule has 0 bridgehead atoms. The first-order valence-electron chi connectivity index (χ1n) is 12.1. The molecule has 6 rings (SSSR count). The zero-order chi connectivity index (χ0) is 23.2. The molecule has 1 N–H and O–H groups in total. The SMILES string of the molecule is Cc1ccc(NC(=O)N2Cc3c(sc4c3CCCC4)-n3cccc3C2c2ccccc2)cc1C. The van der Waals surface area contributed by atoms with Crippen LogP contribution in [-0.4, -0.2) is 15.5 Å². The van der Waals surface area contributed by atoms with Crippen LogP contribution in [0.1, 0.15) is 57.3 Å². The van der Waals surface area contributed by atoms with E-state index in [-0.39, 0.29) is 12.1 Å². The van der Waals surface area contributed by atoms with Gasteiger partial charge in [0.2, 0.25) is 0 Å². The third kappa shape index (κ3) is 3.55. The Morgan fingerprint density at radius 3 is 2.59 bits per heavy atom. The van der Waals surface area contributed by atoms with Crippen LogP contribution < -0.4 is 5.32 Å². The largest absolute Gasteiger partial charge is 0.322 e. The number of urea groups is 1. The summed E-state index contributed by atoms with van der Waals surface area (Å²) in [6, 6.07) is 20.6. The first-order valence-corrected chi connectivity index (χ1v) is 12.9. The van der Waals surface area contributed by atoms with E-state index in [1.807, 2.05) is 28.4 Å². The zero-order valence-corrected chi connectivity index (χ0v) is 20.5. The van der Waals surface area contributed by atoms with Gasteiger partial charge < -0.3 is 14.8 Å². The molecule has 0 radical (unpaired) electrons. The maximum absolute atomic E-state index is 13.9. The lowest BCUT2D eigenvalue weighted by Crippen LogP contribution is -2.38. The number of hydrogen-bond acceptors (Lipinski definition) is 2. The molecule has 4 nitrogen and oxygen atoms in total. The van der Waals surface area contributed by atoms with Crippen molar-refractivity contribution in [3.8, 4) is 5.00 Å². The first-order chi connectivity index (χ1) is 16.6. The van der Waals surface area contributed by atoms with E-state index in [2.05, 4.69) is 78.5 Å². The Hall–Kier alpha value is -3.31. The molecule has 1 unspecified atom stereocenters. The lowest BCUT2D eigenvalue weighted by Gasteiger charge is -2.31. The van der Waals surface area contributed by atoms with E-state index in [4.69, 9.17) is 0 Å². The van der Waals surface area contributed by atoms with Crippen molar-refractivity contribution in [3.63, 3.8) is 0 Å². The van der Waals surface area contributed by atoms with Crippen molar-refractivity contribution in [2.75, 3.05) is 5.32 Å². The van der Waals surface area contributed by atoms with Gasteiger partial charge in [0.25, 0.3) is 0 Å². The first kappa shape index (κ1) is 21.2. The highest BCUT2D eigenvalue weighted by Crippen LogP contribution is 2.44. The predicted octanol–water partition coefficient (Wildman–Crippen LogP) is 7.17. The molecule has 1 atom stereocenters. The smallest absolute Gasteiger partial charge is 0.310 e.